The first-order valence-corrected chi connectivity index (χ1v) is 15.8. The van der Waals surface area contributed by atoms with E-state index in [1.165, 1.54) is 63.2 Å². The zero-order valence-corrected chi connectivity index (χ0v) is 25.8. The Morgan fingerprint density at radius 3 is 2.28 bits per heavy atom. The number of nitrogens with one attached hydrogen (secondary N) is 5. The molecule has 238 valence electrons. The Balaban J connectivity index is 1.93. The Bertz CT molecular complexity index is 1060. The molecule has 0 aromatic heterocycles. The van der Waals surface area contributed by atoms with Crippen molar-refractivity contribution in [2.24, 2.45) is 0 Å². The minimum absolute atomic E-state index is 0.0985. The van der Waals surface area contributed by atoms with Gasteiger partial charge in [0.25, 0.3) is 0 Å². The monoisotopic (exact) mass is 597 g/mol. The average Bonchev–Trinajstić information content (AvgIpc) is 2.98. The molecule has 1 aliphatic heterocycles. The second-order valence-corrected chi connectivity index (χ2v) is 11.2. The van der Waals surface area contributed by atoms with E-state index in [0.29, 0.717) is 19.5 Å². The Hall–Kier alpha value is -3.82. The molecular weight excluding hydrogens is 546 g/mol. The summed E-state index contributed by atoms with van der Waals surface area (Å²) in [7, 11) is 0. The number of amides is 5. The van der Waals surface area contributed by atoms with Gasteiger partial charge in [0.2, 0.25) is 17.7 Å². The van der Waals surface area contributed by atoms with Crippen LogP contribution in [0.3, 0.4) is 0 Å². The summed E-state index contributed by atoms with van der Waals surface area (Å²) in [4.78, 5) is 51.0. The van der Waals surface area contributed by atoms with Gasteiger partial charge in [-0.25, -0.2) is 4.79 Å². The van der Waals surface area contributed by atoms with Gasteiger partial charge >= 0.3 is 6.03 Å². The lowest BCUT2D eigenvalue weighted by Crippen LogP contribution is -2.56. The topological polar surface area (TPSA) is 149 Å². The fourth-order valence-corrected chi connectivity index (χ4v) is 4.72. The van der Waals surface area contributed by atoms with Crippen molar-refractivity contribution < 1.29 is 24.3 Å². The molecule has 1 aromatic carbocycles. The van der Waals surface area contributed by atoms with E-state index in [9.17, 15) is 24.3 Å². The van der Waals surface area contributed by atoms with Gasteiger partial charge in [-0.3, -0.25) is 14.4 Å². The van der Waals surface area contributed by atoms with Crippen LogP contribution in [0, 0.1) is 0 Å². The molecule has 0 spiro atoms. The Labute approximate surface area is 256 Å². The fourth-order valence-electron chi connectivity index (χ4n) is 4.72. The third-order valence-electron chi connectivity index (χ3n) is 7.24. The number of carbonyl (C=O) groups excluding carboxylic acids is 4. The number of urea groups is 1. The maximum Gasteiger partial charge on any atom is 0.315 e. The Kier molecular flexibility index (Phi) is 17.2. The highest BCUT2D eigenvalue weighted by atomic mass is 16.3. The third kappa shape index (κ3) is 15.8. The zero-order valence-electron chi connectivity index (χ0n) is 25.8. The van der Waals surface area contributed by atoms with Crippen molar-refractivity contribution in [1.82, 2.24) is 26.6 Å². The summed E-state index contributed by atoms with van der Waals surface area (Å²) in [5.74, 6) is -1.09. The first kappa shape index (κ1) is 35.4. The molecule has 1 heterocycles. The molecule has 0 bridgehead atoms. The van der Waals surface area contributed by atoms with Crippen LogP contribution in [-0.2, 0) is 20.8 Å². The van der Waals surface area contributed by atoms with E-state index in [1.54, 1.807) is 37.3 Å². The van der Waals surface area contributed by atoms with Gasteiger partial charge in [-0.1, -0.05) is 95.1 Å². The summed E-state index contributed by atoms with van der Waals surface area (Å²) in [6.45, 7) is 4.85. The molecule has 3 atom stereocenters. The number of phenols is 1. The van der Waals surface area contributed by atoms with Gasteiger partial charge in [0.05, 0.1) is 0 Å². The molecule has 1 aliphatic rings. The zero-order chi connectivity index (χ0) is 31.3. The first-order valence-electron chi connectivity index (χ1n) is 15.8. The Morgan fingerprint density at radius 2 is 1.60 bits per heavy atom. The van der Waals surface area contributed by atoms with Crippen LogP contribution in [0.4, 0.5) is 4.79 Å². The van der Waals surface area contributed by atoms with E-state index in [2.05, 4.69) is 33.5 Å². The summed E-state index contributed by atoms with van der Waals surface area (Å²) in [5, 5.41) is 23.5. The molecule has 0 radical (unpaired) electrons. The summed E-state index contributed by atoms with van der Waals surface area (Å²) in [6, 6.07) is 3.58. The molecule has 10 nitrogen and oxygen atoms in total. The standard InChI is InChI=1S/C33H51N5O5/c1-3-4-5-6-7-8-9-10-11-13-23-35-33(43)38-29(24-26-17-19-27(39)20-18-26)32(42)37-28-15-12-14-22-34-30(40)21-16-25(2)36-31(28)41/h12,15-21,25,28-29,39H,3-11,13-14,22-24H2,1-2H3,(H,34,40)(H,36,41)(H,37,42)(H2,35,38,43)/b15-12+,21-16+/t25-,28-,29?/m0/s1. The minimum Gasteiger partial charge on any atom is -0.508 e. The van der Waals surface area contributed by atoms with Crippen LogP contribution in [0.1, 0.15) is 90.0 Å². The van der Waals surface area contributed by atoms with Crippen molar-refractivity contribution in [2.75, 3.05) is 13.1 Å². The van der Waals surface area contributed by atoms with E-state index in [4.69, 9.17) is 0 Å². The van der Waals surface area contributed by atoms with Crippen LogP contribution < -0.4 is 26.6 Å². The van der Waals surface area contributed by atoms with Crippen LogP contribution in [-0.4, -0.2) is 60.1 Å². The summed E-state index contributed by atoms with van der Waals surface area (Å²) in [6.07, 6.45) is 18.9. The van der Waals surface area contributed by atoms with Crippen molar-refractivity contribution in [1.29, 1.82) is 0 Å². The van der Waals surface area contributed by atoms with Crippen molar-refractivity contribution in [3.63, 3.8) is 0 Å². The van der Waals surface area contributed by atoms with Crippen LogP contribution in [0.5, 0.6) is 5.75 Å². The smallest absolute Gasteiger partial charge is 0.315 e. The lowest BCUT2D eigenvalue weighted by molar-refractivity contribution is -0.129. The predicted octanol–water partition coefficient (Wildman–Crippen LogP) is 4.15. The van der Waals surface area contributed by atoms with Gasteiger partial charge in [0.1, 0.15) is 17.8 Å². The molecule has 1 unspecified atom stereocenters. The number of phenolic OH excluding ortho intramolecular Hbond substituents is 1. The fraction of sp³-hybridized carbons (Fsp3) is 0.576. The SMILES string of the molecule is CCCCCCCCCCCCNC(=O)NC(Cc1ccc(O)cc1)C(=O)N[C@H]1/C=C/CCNC(=O)/C=C/[C@H](C)NC1=O. The van der Waals surface area contributed by atoms with Crippen LogP contribution in [0.2, 0.25) is 0 Å². The van der Waals surface area contributed by atoms with Gasteiger partial charge in [-0.15, -0.1) is 0 Å². The third-order valence-corrected chi connectivity index (χ3v) is 7.24. The van der Waals surface area contributed by atoms with E-state index in [-0.39, 0.29) is 18.1 Å². The summed E-state index contributed by atoms with van der Waals surface area (Å²) >= 11 is 0. The number of hydrogen-bond donors (Lipinski definition) is 6. The lowest BCUT2D eigenvalue weighted by Gasteiger charge is -2.23. The van der Waals surface area contributed by atoms with Gasteiger partial charge in [-0.2, -0.15) is 0 Å². The molecule has 6 N–H and O–H groups in total. The predicted molar refractivity (Wildman–Crippen MR) is 169 cm³/mol. The minimum atomic E-state index is -0.975. The highest BCUT2D eigenvalue weighted by Gasteiger charge is 2.26. The second kappa shape index (κ2) is 21.0. The van der Waals surface area contributed by atoms with Crippen molar-refractivity contribution >= 4 is 23.8 Å². The molecular formula is C33H51N5O5. The first-order chi connectivity index (χ1) is 20.8. The number of benzene rings is 1. The van der Waals surface area contributed by atoms with E-state index in [1.807, 2.05) is 0 Å². The molecule has 0 fully saturated rings. The number of aromatic hydroxyl groups is 1. The molecule has 0 aliphatic carbocycles. The maximum atomic E-state index is 13.4. The molecule has 2 rings (SSSR count). The number of hydrogen-bond acceptors (Lipinski definition) is 5. The van der Waals surface area contributed by atoms with Gasteiger partial charge < -0.3 is 31.7 Å². The van der Waals surface area contributed by atoms with E-state index in [0.717, 1.165) is 24.8 Å². The second-order valence-electron chi connectivity index (χ2n) is 11.2. The van der Waals surface area contributed by atoms with Crippen LogP contribution >= 0.6 is 0 Å². The molecule has 0 saturated carbocycles. The molecule has 10 heteroatoms. The van der Waals surface area contributed by atoms with Gasteiger partial charge in [0, 0.05) is 31.6 Å². The maximum absolute atomic E-state index is 13.4. The van der Waals surface area contributed by atoms with E-state index >= 15 is 0 Å². The Morgan fingerprint density at radius 1 is 0.953 bits per heavy atom. The van der Waals surface area contributed by atoms with Gasteiger partial charge in [-0.05, 0) is 37.5 Å². The number of unbranched alkanes of at least 4 members (excludes halogenated alkanes) is 9. The lowest BCUT2D eigenvalue weighted by atomic mass is 10.0. The van der Waals surface area contributed by atoms with Crippen LogP contribution in [0.25, 0.3) is 0 Å². The molecule has 5 amide bonds. The van der Waals surface area contributed by atoms with Crippen LogP contribution in [0.15, 0.2) is 48.6 Å². The molecule has 0 saturated heterocycles. The van der Waals surface area contributed by atoms with Crippen molar-refractivity contribution in [2.45, 2.75) is 109 Å². The van der Waals surface area contributed by atoms with Gasteiger partial charge in [0.15, 0.2) is 0 Å². The largest absolute Gasteiger partial charge is 0.508 e. The quantitative estimate of drug-likeness (QED) is 0.125. The van der Waals surface area contributed by atoms with E-state index < -0.39 is 36.0 Å². The van der Waals surface area contributed by atoms with Crippen molar-refractivity contribution in [3.05, 3.63) is 54.1 Å². The van der Waals surface area contributed by atoms with Crippen molar-refractivity contribution in [3.8, 4) is 5.75 Å². The molecule has 43 heavy (non-hydrogen) atoms. The number of carbonyl (C=O) groups is 4. The summed E-state index contributed by atoms with van der Waals surface area (Å²) in [5.41, 5.74) is 0.737. The molecule has 1 aromatic rings. The highest BCUT2D eigenvalue weighted by Crippen LogP contribution is 2.12. The average molecular weight is 598 g/mol. The number of rotatable bonds is 16. The normalized spacial score (nSPS) is 19.5. The highest BCUT2D eigenvalue weighted by molar-refractivity contribution is 5.93. The summed E-state index contributed by atoms with van der Waals surface area (Å²) < 4.78 is 0.